The van der Waals surface area contributed by atoms with Crippen molar-refractivity contribution in [1.29, 1.82) is 0 Å². The Morgan fingerprint density at radius 1 is 1.47 bits per heavy atom. The van der Waals surface area contributed by atoms with Gasteiger partial charge in [-0.15, -0.1) is 0 Å². The number of halogens is 2. The molecule has 1 atom stereocenters. The van der Waals surface area contributed by atoms with Crippen molar-refractivity contribution in [2.24, 2.45) is 0 Å². The van der Waals surface area contributed by atoms with Crippen molar-refractivity contribution in [2.45, 2.75) is 19.4 Å². The van der Waals surface area contributed by atoms with Gasteiger partial charge in [0, 0.05) is 12.1 Å². The zero-order chi connectivity index (χ0) is 10.8. The summed E-state index contributed by atoms with van der Waals surface area (Å²) in [4.78, 5) is 0. The molecule has 2 nitrogen and oxygen atoms in total. The van der Waals surface area contributed by atoms with Crippen LogP contribution in [0.5, 0.6) is 5.75 Å². The number of hydrogen-bond donors (Lipinski definition) is 1. The van der Waals surface area contributed by atoms with Crippen molar-refractivity contribution in [3.05, 3.63) is 29.3 Å². The Bertz CT molecular complexity index is 368. The first-order chi connectivity index (χ1) is 7.22. The summed E-state index contributed by atoms with van der Waals surface area (Å²) in [6, 6.07) is 1.97. The van der Waals surface area contributed by atoms with Gasteiger partial charge in [-0.3, -0.25) is 0 Å². The third-order valence-corrected chi connectivity index (χ3v) is 2.45. The van der Waals surface area contributed by atoms with Gasteiger partial charge < -0.3 is 10.1 Å². The average molecular weight is 213 g/mol. The molecule has 1 aliphatic rings. The molecule has 1 aromatic carbocycles. The molecule has 0 bridgehead atoms. The normalized spacial score (nSPS) is 18.7. The second-order valence-corrected chi connectivity index (χ2v) is 3.62. The number of hydrogen-bond acceptors (Lipinski definition) is 2. The lowest BCUT2D eigenvalue weighted by molar-refractivity contribution is 0.310. The van der Waals surface area contributed by atoms with E-state index in [1.165, 1.54) is 6.07 Å². The van der Waals surface area contributed by atoms with Crippen molar-refractivity contribution in [3.8, 4) is 5.75 Å². The molecular formula is C11H13F2NO. The third kappa shape index (κ3) is 1.95. The van der Waals surface area contributed by atoms with E-state index in [4.69, 9.17) is 4.74 Å². The van der Waals surface area contributed by atoms with Crippen LogP contribution in [0.2, 0.25) is 0 Å². The molecule has 2 rings (SSSR count). The van der Waals surface area contributed by atoms with E-state index in [-0.39, 0.29) is 6.04 Å². The molecule has 0 aliphatic carbocycles. The van der Waals surface area contributed by atoms with Crippen LogP contribution in [-0.4, -0.2) is 13.2 Å². The van der Waals surface area contributed by atoms with Gasteiger partial charge in [0.05, 0.1) is 11.6 Å². The van der Waals surface area contributed by atoms with Crippen LogP contribution in [0, 0.1) is 11.6 Å². The highest BCUT2D eigenvalue weighted by Gasteiger charge is 2.27. The number of fused-ring (bicyclic) bond motifs is 1. The van der Waals surface area contributed by atoms with E-state index in [2.05, 4.69) is 5.32 Å². The maximum Gasteiger partial charge on any atom is 0.134 e. The largest absolute Gasteiger partial charge is 0.491 e. The Kier molecular flexibility index (Phi) is 2.86. The quantitative estimate of drug-likeness (QED) is 0.832. The third-order valence-electron chi connectivity index (χ3n) is 2.45. The fraction of sp³-hybridized carbons (Fsp3) is 0.455. The molecule has 4 heteroatoms. The SMILES string of the molecule is CCCNC1COc2cc(F)cc(F)c21. The van der Waals surface area contributed by atoms with Gasteiger partial charge in [0.25, 0.3) is 0 Å². The first kappa shape index (κ1) is 10.4. The predicted molar refractivity (Wildman–Crippen MR) is 52.9 cm³/mol. The van der Waals surface area contributed by atoms with E-state index >= 15 is 0 Å². The first-order valence-corrected chi connectivity index (χ1v) is 5.07. The molecule has 1 N–H and O–H groups in total. The van der Waals surface area contributed by atoms with Crippen LogP contribution in [0.25, 0.3) is 0 Å². The van der Waals surface area contributed by atoms with E-state index in [0.29, 0.717) is 17.9 Å². The van der Waals surface area contributed by atoms with Crippen LogP contribution in [0.4, 0.5) is 8.78 Å². The Hall–Kier alpha value is -1.16. The van der Waals surface area contributed by atoms with Gasteiger partial charge in [-0.25, -0.2) is 8.78 Å². The molecule has 82 valence electrons. The van der Waals surface area contributed by atoms with Crippen LogP contribution in [0.3, 0.4) is 0 Å². The van der Waals surface area contributed by atoms with Crippen LogP contribution >= 0.6 is 0 Å². The Morgan fingerprint density at radius 2 is 2.27 bits per heavy atom. The molecule has 1 aliphatic heterocycles. The molecule has 0 spiro atoms. The van der Waals surface area contributed by atoms with Gasteiger partial charge in [0.15, 0.2) is 0 Å². The fourth-order valence-corrected chi connectivity index (χ4v) is 1.75. The summed E-state index contributed by atoms with van der Waals surface area (Å²) >= 11 is 0. The molecule has 1 heterocycles. The highest BCUT2D eigenvalue weighted by atomic mass is 19.1. The van der Waals surface area contributed by atoms with E-state index in [1.54, 1.807) is 0 Å². The van der Waals surface area contributed by atoms with E-state index in [0.717, 1.165) is 19.0 Å². The fourth-order valence-electron chi connectivity index (χ4n) is 1.75. The van der Waals surface area contributed by atoms with E-state index < -0.39 is 11.6 Å². The number of ether oxygens (including phenoxy) is 1. The first-order valence-electron chi connectivity index (χ1n) is 5.07. The monoisotopic (exact) mass is 213 g/mol. The average Bonchev–Trinajstić information content (AvgIpc) is 2.58. The molecule has 0 saturated carbocycles. The minimum atomic E-state index is -0.595. The van der Waals surface area contributed by atoms with Crippen LogP contribution in [0.1, 0.15) is 24.9 Å². The maximum atomic E-state index is 13.5. The zero-order valence-electron chi connectivity index (χ0n) is 8.52. The van der Waals surface area contributed by atoms with Gasteiger partial charge in [-0.05, 0) is 13.0 Å². The minimum Gasteiger partial charge on any atom is -0.491 e. The molecule has 0 amide bonds. The Labute approximate surface area is 87.2 Å². The van der Waals surface area contributed by atoms with Gasteiger partial charge in [0.1, 0.15) is 24.0 Å². The molecule has 15 heavy (non-hydrogen) atoms. The highest BCUT2D eigenvalue weighted by molar-refractivity contribution is 5.41. The zero-order valence-corrected chi connectivity index (χ0v) is 8.52. The standard InChI is InChI=1S/C11H13F2NO/c1-2-3-14-9-6-15-10-5-7(12)4-8(13)11(9)10/h4-5,9,14H,2-3,6H2,1H3. The summed E-state index contributed by atoms with van der Waals surface area (Å²) in [6.07, 6.45) is 0.967. The summed E-state index contributed by atoms with van der Waals surface area (Å²) in [5.74, 6) is -0.806. The summed E-state index contributed by atoms with van der Waals surface area (Å²) in [7, 11) is 0. The lowest BCUT2D eigenvalue weighted by Gasteiger charge is -2.10. The molecule has 1 aromatic rings. The van der Waals surface area contributed by atoms with Crippen molar-refractivity contribution in [3.63, 3.8) is 0 Å². The van der Waals surface area contributed by atoms with Crippen LogP contribution < -0.4 is 10.1 Å². The minimum absolute atomic E-state index is 0.152. The van der Waals surface area contributed by atoms with Crippen molar-refractivity contribution < 1.29 is 13.5 Å². The topological polar surface area (TPSA) is 21.3 Å². The van der Waals surface area contributed by atoms with Gasteiger partial charge >= 0.3 is 0 Å². The van der Waals surface area contributed by atoms with E-state index in [1.807, 2.05) is 6.92 Å². The second kappa shape index (κ2) is 4.14. The van der Waals surface area contributed by atoms with Crippen LogP contribution in [-0.2, 0) is 0 Å². The summed E-state index contributed by atoms with van der Waals surface area (Å²) < 4.78 is 31.6. The molecule has 0 fully saturated rings. The smallest absolute Gasteiger partial charge is 0.134 e. The maximum absolute atomic E-state index is 13.5. The Morgan fingerprint density at radius 3 is 3.00 bits per heavy atom. The van der Waals surface area contributed by atoms with Gasteiger partial charge in [-0.2, -0.15) is 0 Å². The van der Waals surface area contributed by atoms with Crippen molar-refractivity contribution >= 4 is 0 Å². The molecule has 1 unspecified atom stereocenters. The molecular weight excluding hydrogens is 200 g/mol. The van der Waals surface area contributed by atoms with Crippen LogP contribution in [0.15, 0.2) is 12.1 Å². The lowest BCUT2D eigenvalue weighted by atomic mass is 10.1. The van der Waals surface area contributed by atoms with Crippen molar-refractivity contribution in [1.82, 2.24) is 5.32 Å². The molecule has 0 saturated heterocycles. The Balaban J connectivity index is 2.25. The van der Waals surface area contributed by atoms with E-state index in [9.17, 15) is 8.78 Å². The summed E-state index contributed by atoms with van der Waals surface area (Å²) in [6.45, 7) is 3.20. The molecule has 0 aromatic heterocycles. The number of benzene rings is 1. The number of nitrogens with one attached hydrogen (secondary N) is 1. The van der Waals surface area contributed by atoms with Gasteiger partial charge in [-0.1, -0.05) is 6.92 Å². The second-order valence-electron chi connectivity index (χ2n) is 3.62. The summed E-state index contributed by atoms with van der Waals surface area (Å²) in [5.41, 5.74) is 0.449. The van der Waals surface area contributed by atoms with Crippen molar-refractivity contribution in [2.75, 3.05) is 13.2 Å². The lowest BCUT2D eigenvalue weighted by Crippen LogP contribution is -2.23. The van der Waals surface area contributed by atoms with Gasteiger partial charge in [0.2, 0.25) is 0 Å². The number of rotatable bonds is 3. The molecule has 0 radical (unpaired) electrons. The highest BCUT2D eigenvalue weighted by Crippen LogP contribution is 2.34. The summed E-state index contributed by atoms with van der Waals surface area (Å²) in [5, 5.41) is 3.16. The predicted octanol–water partition coefficient (Wildman–Crippen LogP) is 2.40.